The van der Waals surface area contributed by atoms with E-state index >= 15 is 0 Å². The average Bonchev–Trinajstić information content (AvgIpc) is 2.26. The SMILES string of the molecule is CC(C)C(C)SC(CN)c1ccccn1. The fourth-order valence-electron chi connectivity index (χ4n) is 1.23. The molecule has 0 amide bonds. The van der Waals surface area contributed by atoms with Crippen LogP contribution in [-0.4, -0.2) is 16.8 Å². The maximum absolute atomic E-state index is 5.79. The molecule has 0 saturated heterocycles. The highest BCUT2D eigenvalue weighted by molar-refractivity contribution is 8.00. The van der Waals surface area contributed by atoms with Crippen molar-refractivity contribution in [2.45, 2.75) is 31.3 Å². The Balaban J connectivity index is 2.65. The Hall–Kier alpha value is -0.540. The van der Waals surface area contributed by atoms with Gasteiger partial charge in [-0.1, -0.05) is 26.8 Å². The summed E-state index contributed by atoms with van der Waals surface area (Å²) in [6.07, 6.45) is 1.83. The molecule has 0 aliphatic carbocycles. The zero-order chi connectivity index (χ0) is 11.3. The van der Waals surface area contributed by atoms with E-state index in [0.717, 1.165) is 5.69 Å². The normalized spacial score (nSPS) is 15.3. The molecule has 15 heavy (non-hydrogen) atoms. The molecule has 1 rings (SSSR count). The summed E-state index contributed by atoms with van der Waals surface area (Å²) in [6, 6.07) is 6.01. The fourth-order valence-corrected chi connectivity index (χ4v) is 2.45. The second-order valence-electron chi connectivity index (χ2n) is 4.06. The molecule has 0 aromatic carbocycles. The van der Waals surface area contributed by atoms with Crippen LogP contribution in [-0.2, 0) is 0 Å². The summed E-state index contributed by atoms with van der Waals surface area (Å²) in [6.45, 7) is 7.38. The van der Waals surface area contributed by atoms with Crippen molar-refractivity contribution in [2.75, 3.05) is 6.54 Å². The highest BCUT2D eigenvalue weighted by atomic mass is 32.2. The molecule has 3 heteroatoms. The minimum absolute atomic E-state index is 0.323. The molecule has 2 N–H and O–H groups in total. The molecule has 0 saturated carbocycles. The van der Waals surface area contributed by atoms with Gasteiger partial charge in [-0.15, -0.1) is 11.8 Å². The van der Waals surface area contributed by atoms with E-state index in [1.54, 1.807) is 0 Å². The number of aromatic nitrogens is 1. The van der Waals surface area contributed by atoms with Crippen LogP contribution in [0.1, 0.15) is 31.7 Å². The number of nitrogens with zero attached hydrogens (tertiary/aromatic N) is 1. The molecule has 0 radical (unpaired) electrons. The molecule has 2 atom stereocenters. The minimum atomic E-state index is 0.323. The summed E-state index contributed by atoms with van der Waals surface area (Å²) in [5.41, 5.74) is 6.89. The summed E-state index contributed by atoms with van der Waals surface area (Å²) < 4.78 is 0. The largest absolute Gasteiger partial charge is 0.329 e. The maximum atomic E-state index is 5.79. The van der Waals surface area contributed by atoms with Gasteiger partial charge < -0.3 is 5.73 Å². The van der Waals surface area contributed by atoms with E-state index in [1.165, 1.54) is 0 Å². The molecule has 0 aliphatic rings. The van der Waals surface area contributed by atoms with Crippen molar-refractivity contribution in [3.8, 4) is 0 Å². The first-order chi connectivity index (χ1) is 7.15. The second kappa shape index (κ2) is 6.13. The maximum Gasteiger partial charge on any atom is 0.0595 e. The van der Waals surface area contributed by atoms with Gasteiger partial charge in [-0.25, -0.2) is 0 Å². The molecule has 0 fully saturated rings. The van der Waals surface area contributed by atoms with Crippen LogP contribution in [0.2, 0.25) is 0 Å². The van der Waals surface area contributed by atoms with Crippen LogP contribution in [0, 0.1) is 5.92 Å². The van der Waals surface area contributed by atoms with Crippen molar-refractivity contribution in [1.29, 1.82) is 0 Å². The van der Waals surface area contributed by atoms with Gasteiger partial charge in [0.05, 0.1) is 10.9 Å². The van der Waals surface area contributed by atoms with Gasteiger partial charge in [-0.3, -0.25) is 4.98 Å². The molecule has 1 aromatic rings. The lowest BCUT2D eigenvalue weighted by molar-refractivity contribution is 0.638. The zero-order valence-electron chi connectivity index (χ0n) is 9.68. The highest BCUT2D eigenvalue weighted by Crippen LogP contribution is 2.32. The van der Waals surface area contributed by atoms with E-state index in [1.807, 2.05) is 30.1 Å². The Bertz CT molecular complexity index is 274. The first-order valence-corrected chi connectivity index (χ1v) is 6.36. The number of rotatable bonds is 5. The molecule has 0 bridgehead atoms. The topological polar surface area (TPSA) is 38.9 Å². The molecule has 84 valence electrons. The summed E-state index contributed by atoms with van der Waals surface area (Å²) in [5, 5.41) is 0.934. The molecular formula is C12H20N2S. The highest BCUT2D eigenvalue weighted by Gasteiger charge is 2.17. The molecule has 1 aromatic heterocycles. The Morgan fingerprint density at radius 1 is 1.33 bits per heavy atom. The third-order valence-corrected chi connectivity index (χ3v) is 4.29. The van der Waals surface area contributed by atoms with Crippen LogP contribution in [0.5, 0.6) is 0 Å². The van der Waals surface area contributed by atoms with Crippen LogP contribution < -0.4 is 5.73 Å². The Labute approximate surface area is 96.7 Å². The third kappa shape index (κ3) is 3.84. The van der Waals surface area contributed by atoms with Crippen LogP contribution in [0.4, 0.5) is 0 Å². The van der Waals surface area contributed by atoms with Crippen LogP contribution >= 0.6 is 11.8 Å². The van der Waals surface area contributed by atoms with Crippen LogP contribution in [0.15, 0.2) is 24.4 Å². The number of pyridine rings is 1. The van der Waals surface area contributed by atoms with Crippen molar-refractivity contribution in [1.82, 2.24) is 4.98 Å². The molecule has 2 unspecified atom stereocenters. The van der Waals surface area contributed by atoms with Crippen LogP contribution in [0.3, 0.4) is 0 Å². The van der Waals surface area contributed by atoms with E-state index in [9.17, 15) is 0 Å². The summed E-state index contributed by atoms with van der Waals surface area (Å²) in [4.78, 5) is 4.36. The number of thioether (sulfide) groups is 1. The van der Waals surface area contributed by atoms with E-state index in [2.05, 4.69) is 31.8 Å². The predicted octanol–water partition coefficient (Wildman–Crippen LogP) is 2.86. The quantitative estimate of drug-likeness (QED) is 0.836. The van der Waals surface area contributed by atoms with Crippen molar-refractivity contribution >= 4 is 11.8 Å². The number of nitrogens with two attached hydrogens (primary N) is 1. The minimum Gasteiger partial charge on any atom is -0.329 e. The lowest BCUT2D eigenvalue weighted by Gasteiger charge is -2.21. The van der Waals surface area contributed by atoms with Crippen molar-refractivity contribution in [3.63, 3.8) is 0 Å². The molecule has 0 aliphatic heterocycles. The summed E-state index contributed by atoms with van der Waals surface area (Å²) >= 11 is 1.92. The van der Waals surface area contributed by atoms with Gasteiger partial charge in [-0.2, -0.15) is 0 Å². The van der Waals surface area contributed by atoms with E-state index in [0.29, 0.717) is 23.0 Å². The van der Waals surface area contributed by atoms with Gasteiger partial charge in [0.2, 0.25) is 0 Å². The average molecular weight is 224 g/mol. The molecule has 2 nitrogen and oxygen atoms in total. The summed E-state index contributed by atoms with van der Waals surface area (Å²) in [5.74, 6) is 0.674. The Kier molecular flexibility index (Phi) is 5.12. The molecular weight excluding hydrogens is 204 g/mol. The second-order valence-corrected chi connectivity index (χ2v) is 5.65. The third-order valence-electron chi connectivity index (χ3n) is 2.55. The van der Waals surface area contributed by atoms with Crippen molar-refractivity contribution in [3.05, 3.63) is 30.1 Å². The van der Waals surface area contributed by atoms with Gasteiger partial charge in [0.25, 0.3) is 0 Å². The molecule has 0 spiro atoms. The van der Waals surface area contributed by atoms with E-state index in [-0.39, 0.29) is 0 Å². The summed E-state index contributed by atoms with van der Waals surface area (Å²) in [7, 11) is 0. The predicted molar refractivity (Wildman–Crippen MR) is 67.9 cm³/mol. The first kappa shape index (κ1) is 12.5. The van der Waals surface area contributed by atoms with Gasteiger partial charge in [0, 0.05) is 18.0 Å². The van der Waals surface area contributed by atoms with E-state index < -0.39 is 0 Å². The standard InChI is InChI=1S/C12H20N2S/c1-9(2)10(3)15-12(8-13)11-6-4-5-7-14-11/h4-7,9-10,12H,8,13H2,1-3H3. The van der Waals surface area contributed by atoms with E-state index in [4.69, 9.17) is 5.73 Å². The van der Waals surface area contributed by atoms with Crippen LogP contribution in [0.25, 0.3) is 0 Å². The Morgan fingerprint density at radius 2 is 2.07 bits per heavy atom. The monoisotopic (exact) mass is 224 g/mol. The smallest absolute Gasteiger partial charge is 0.0595 e. The number of hydrogen-bond donors (Lipinski definition) is 1. The number of hydrogen-bond acceptors (Lipinski definition) is 3. The van der Waals surface area contributed by atoms with Gasteiger partial charge in [-0.05, 0) is 18.1 Å². The van der Waals surface area contributed by atoms with Gasteiger partial charge in [0.1, 0.15) is 0 Å². The first-order valence-electron chi connectivity index (χ1n) is 5.41. The fraction of sp³-hybridized carbons (Fsp3) is 0.583. The molecule has 1 heterocycles. The van der Waals surface area contributed by atoms with Crippen molar-refractivity contribution < 1.29 is 0 Å². The zero-order valence-corrected chi connectivity index (χ0v) is 10.5. The lowest BCUT2D eigenvalue weighted by Crippen LogP contribution is -2.16. The lowest BCUT2D eigenvalue weighted by atomic mass is 10.2. The Morgan fingerprint density at radius 3 is 2.53 bits per heavy atom. The van der Waals surface area contributed by atoms with Gasteiger partial charge >= 0.3 is 0 Å². The van der Waals surface area contributed by atoms with Gasteiger partial charge in [0.15, 0.2) is 0 Å². The van der Waals surface area contributed by atoms with Crippen molar-refractivity contribution in [2.24, 2.45) is 11.7 Å².